The largest absolute Gasteiger partial charge is 0.286 e. The smallest absolute Gasteiger partial charge is 0.266 e. The minimum Gasteiger partial charge on any atom is -0.286 e. The molecule has 1 aliphatic rings. The molecule has 0 saturated carbocycles. The van der Waals surface area contributed by atoms with E-state index in [-0.39, 0.29) is 5.91 Å². The molecule has 0 aromatic heterocycles. The number of amidine groups is 1. The monoisotopic (exact) mass is 464 g/mol. The van der Waals surface area contributed by atoms with Crippen LogP contribution in [-0.2, 0) is 11.2 Å². The van der Waals surface area contributed by atoms with E-state index in [1.807, 2.05) is 24.3 Å². The molecule has 0 N–H and O–H groups in total. The first-order chi connectivity index (χ1) is 14.0. The predicted octanol–water partition coefficient (Wildman–Crippen LogP) is 6.91. The van der Waals surface area contributed by atoms with Gasteiger partial charge in [-0.15, -0.1) is 0 Å². The van der Waals surface area contributed by atoms with Gasteiger partial charge < -0.3 is 0 Å². The Hall–Kier alpha value is -1.40. The van der Waals surface area contributed by atoms with Crippen molar-refractivity contribution in [1.29, 1.82) is 0 Å². The molecule has 1 saturated heterocycles. The van der Waals surface area contributed by atoms with Crippen LogP contribution in [0.4, 0.5) is 5.69 Å². The summed E-state index contributed by atoms with van der Waals surface area (Å²) in [6.45, 7) is 2.76. The van der Waals surface area contributed by atoms with Crippen LogP contribution in [0.5, 0.6) is 0 Å². The van der Waals surface area contributed by atoms with E-state index < -0.39 is 0 Å². The molecule has 1 fully saturated rings. The van der Waals surface area contributed by atoms with E-state index in [1.54, 1.807) is 28.8 Å². The normalized spacial score (nSPS) is 17.0. The average Bonchev–Trinajstić information content (AvgIpc) is 3.01. The summed E-state index contributed by atoms with van der Waals surface area (Å²) in [4.78, 5) is 20.2. The molecular formula is C22H22Cl2N2OS2. The molecule has 3 rings (SSSR count). The van der Waals surface area contributed by atoms with Crippen molar-refractivity contribution < 1.29 is 4.79 Å². The molecule has 7 heteroatoms. The second kappa shape index (κ2) is 10.6. The van der Waals surface area contributed by atoms with Crippen molar-refractivity contribution >= 4 is 69.6 Å². The van der Waals surface area contributed by atoms with Gasteiger partial charge in [-0.05, 0) is 72.0 Å². The second-order valence-electron chi connectivity index (χ2n) is 6.47. The minimum absolute atomic E-state index is 0.0453. The van der Waals surface area contributed by atoms with E-state index in [1.165, 1.54) is 17.3 Å². The third-order valence-corrected chi connectivity index (χ3v) is 6.99. The molecule has 1 amide bonds. The van der Waals surface area contributed by atoms with Crippen LogP contribution >= 0.6 is 46.7 Å². The Morgan fingerprint density at radius 2 is 1.93 bits per heavy atom. The number of aliphatic imine (C=N–C) groups is 1. The van der Waals surface area contributed by atoms with Gasteiger partial charge in [-0.25, -0.2) is 4.99 Å². The van der Waals surface area contributed by atoms with Crippen LogP contribution in [0.3, 0.4) is 0 Å². The van der Waals surface area contributed by atoms with Crippen molar-refractivity contribution in [2.24, 2.45) is 4.99 Å². The van der Waals surface area contributed by atoms with Crippen molar-refractivity contribution in [1.82, 2.24) is 4.90 Å². The fraction of sp³-hybridized carbons (Fsp3) is 0.273. The Kier molecular flexibility index (Phi) is 8.13. The number of halogens is 2. The standard InChI is InChI=1S/C22H22Cl2N2OS2/c1-3-15-8-10-17(11-9-15)25-22-26(12-5-13-28-2)21(27)19(29-22)14-16-6-4-7-18(23)20(16)24/h4,6-11,14H,3,5,12-13H2,1-2H3. The molecule has 2 aromatic carbocycles. The van der Waals surface area contributed by atoms with E-state index in [0.717, 1.165) is 29.8 Å². The van der Waals surface area contributed by atoms with E-state index in [4.69, 9.17) is 28.2 Å². The van der Waals surface area contributed by atoms with Gasteiger partial charge in [-0.3, -0.25) is 9.69 Å². The Labute approximate surface area is 190 Å². The van der Waals surface area contributed by atoms with Gasteiger partial charge in [-0.2, -0.15) is 11.8 Å². The van der Waals surface area contributed by atoms with Crippen molar-refractivity contribution in [3.8, 4) is 0 Å². The lowest BCUT2D eigenvalue weighted by Crippen LogP contribution is -2.30. The molecule has 3 nitrogen and oxygen atoms in total. The maximum absolute atomic E-state index is 13.1. The zero-order valence-electron chi connectivity index (χ0n) is 16.3. The summed E-state index contributed by atoms with van der Waals surface area (Å²) >= 11 is 15.6. The number of hydrogen-bond acceptors (Lipinski definition) is 4. The maximum Gasteiger partial charge on any atom is 0.266 e. The summed E-state index contributed by atoms with van der Waals surface area (Å²) in [5, 5.41) is 1.62. The zero-order chi connectivity index (χ0) is 20.8. The lowest BCUT2D eigenvalue weighted by atomic mass is 10.2. The molecule has 1 heterocycles. The first kappa shape index (κ1) is 22.3. The summed E-state index contributed by atoms with van der Waals surface area (Å²) in [7, 11) is 0. The number of rotatable bonds is 7. The summed E-state index contributed by atoms with van der Waals surface area (Å²) in [5.41, 5.74) is 2.83. The molecule has 0 atom stereocenters. The molecule has 1 aliphatic heterocycles. The van der Waals surface area contributed by atoms with E-state index in [0.29, 0.717) is 26.7 Å². The number of thioether (sulfide) groups is 2. The highest BCUT2D eigenvalue weighted by Gasteiger charge is 2.33. The van der Waals surface area contributed by atoms with Crippen LogP contribution in [0.2, 0.25) is 10.0 Å². The Morgan fingerprint density at radius 3 is 2.62 bits per heavy atom. The summed E-state index contributed by atoms with van der Waals surface area (Å²) in [5.74, 6) is 0.947. The number of hydrogen-bond donors (Lipinski definition) is 0. The second-order valence-corrected chi connectivity index (χ2v) is 9.25. The van der Waals surface area contributed by atoms with Gasteiger partial charge in [0.2, 0.25) is 0 Å². The van der Waals surface area contributed by atoms with Gasteiger partial charge in [0.15, 0.2) is 5.17 Å². The molecule has 0 unspecified atom stereocenters. The number of carbonyl (C=O) groups is 1. The van der Waals surface area contributed by atoms with Crippen molar-refractivity contribution in [3.63, 3.8) is 0 Å². The van der Waals surface area contributed by atoms with Crippen LogP contribution in [0, 0.1) is 0 Å². The first-order valence-corrected chi connectivity index (χ1v) is 12.3. The van der Waals surface area contributed by atoms with Gasteiger partial charge in [0.1, 0.15) is 0 Å². The highest BCUT2D eigenvalue weighted by atomic mass is 35.5. The number of aryl methyl sites for hydroxylation is 1. The third-order valence-electron chi connectivity index (χ3n) is 4.46. The first-order valence-electron chi connectivity index (χ1n) is 9.35. The predicted molar refractivity (Wildman–Crippen MR) is 130 cm³/mol. The zero-order valence-corrected chi connectivity index (χ0v) is 19.5. The molecule has 0 spiro atoms. The SMILES string of the molecule is CCc1ccc(N=C2SC(=Cc3cccc(Cl)c3Cl)C(=O)N2CCCSC)cc1. The fourth-order valence-electron chi connectivity index (χ4n) is 2.85. The molecule has 0 aliphatic carbocycles. The number of carbonyl (C=O) groups excluding carboxylic acids is 1. The molecule has 29 heavy (non-hydrogen) atoms. The minimum atomic E-state index is -0.0453. The Balaban J connectivity index is 1.92. The fourth-order valence-corrected chi connectivity index (χ4v) is 4.64. The summed E-state index contributed by atoms with van der Waals surface area (Å²) in [6.07, 6.45) is 5.76. The Morgan fingerprint density at radius 1 is 1.17 bits per heavy atom. The van der Waals surface area contributed by atoms with Gasteiger partial charge in [0.25, 0.3) is 5.91 Å². The highest BCUT2D eigenvalue weighted by molar-refractivity contribution is 8.18. The molecule has 152 valence electrons. The topological polar surface area (TPSA) is 32.7 Å². The van der Waals surface area contributed by atoms with E-state index in [9.17, 15) is 4.79 Å². The molecule has 2 aromatic rings. The average molecular weight is 465 g/mol. The van der Waals surface area contributed by atoms with E-state index in [2.05, 4.69) is 25.3 Å². The van der Waals surface area contributed by atoms with Gasteiger partial charge >= 0.3 is 0 Å². The van der Waals surface area contributed by atoms with Crippen LogP contribution in [-0.4, -0.2) is 34.5 Å². The van der Waals surface area contributed by atoms with Gasteiger partial charge in [0, 0.05) is 6.54 Å². The van der Waals surface area contributed by atoms with Gasteiger partial charge in [-0.1, -0.05) is 54.4 Å². The van der Waals surface area contributed by atoms with E-state index >= 15 is 0 Å². The number of nitrogens with zero attached hydrogens (tertiary/aromatic N) is 2. The summed E-state index contributed by atoms with van der Waals surface area (Å²) in [6, 6.07) is 13.5. The van der Waals surface area contributed by atoms with Crippen molar-refractivity contribution in [3.05, 3.63) is 68.5 Å². The number of amides is 1. The van der Waals surface area contributed by atoms with Crippen LogP contribution in [0.25, 0.3) is 6.08 Å². The summed E-state index contributed by atoms with van der Waals surface area (Å²) < 4.78 is 0. The number of benzene rings is 2. The van der Waals surface area contributed by atoms with Crippen molar-refractivity contribution in [2.45, 2.75) is 19.8 Å². The lowest BCUT2D eigenvalue weighted by Gasteiger charge is -2.15. The molecular weight excluding hydrogens is 443 g/mol. The highest BCUT2D eigenvalue weighted by Crippen LogP contribution is 2.36. The third kappa shape index (κ3) is 5.60. The van der Waals surface area contributed by atoms with Crippen LogP contribution in [0.15, 0.2) is 52.4 Å². The lowest BCUT2D eigenvalue weighted by molar-refractivity contribution is -0.122. The maximum atomic E-state index is 13.1. The Bertz CT molecular complexity index is 942. The van der Waals surface area contributed by atoms with Crippen molar-refractivity contribution in [2.75, 3.05) is 18.6 Å². The molecule has 0 radical (unpaired) electrons. The van der Waals surface area contributed by atoms with Crippen LogP contribution < -0.4 is 0 Å². The van der Waals surface area contributed by atoms with Gasteiger partial charge in [0.05, 0.1) is 20.6 Å². The molecule has 0 bridgehead atoms. The van der Waals surface area contributed by atoms with Crippen LogP contribution in [0.1, 0.15) is 24.5 Å². The quantitative estimate of drug-likeness (QED) is 0.329.